The van der Waals surface area contributed by atoms with Crippen molar-refractivity contribution in [3.8, 4) is 5.75 Å². The van der Waals surface area contributed by atoms with Crippen LogP contribution in [0.5, 0.6) is 5.75 Å². The van der Waals surface area contributed by atoms with Crippen molar-refractivity contribution in [3.63, 3.8) is 0 Å². The Kier molecular flexibility index (Phi) is 3.72. The number of aliphatic hydroxyl groups is 1. The molecule has 1 N–H and O–H groups in total. The summed E-state index contributed by atoms with van der Waals surface area (Å²) in [5.74, 6) is 0.797. The van der Waals surface area contributed by atoms with E-state index in [1.807, 2.05) is 31.2 Å². The summed E-state index contributed by atoms with van der Waals surface area (Å²) in [4.78, 5) is 0. The van der Waals surface area contributed by atoms with Crippen molar-refractivity contribution in [1.29, 1.82) is 0 Å². The first-order valence-corrected chi connectivity index (χ1v) is 7.45. The zero-order valence-corrected chi connectivity index (χ0v) is 12.1. The van der Waals surface area contributed by atoms with Crippen LogP contribution < -0.4 is 4.74 Å². The molecule has 3 rings (SSSR count). The van der Waals surface area contributed by atoms with E-state index in [1.165, 1.54) is 15.6 Å². The highest BCUT2D eigenvalue weighted by atomic mass is 32.1. The van der Waals surface area contributed by atoms with Crippen molar-refractivity contribution in [2.45, 2.75) is 20.1 Å². The van der Waals surface area contributed by atoms with Gasteiger partial charge in [0.25, 0.3) is 0 Å². The second-order valence-corrected chi connectivity index (χ2v) is 5.68. The number of ether oxygens (including phenoxy) is 1. The predicted octanol–water partition coefficient (Wildman–Crippen LogP) is 4.28. The second-order valence-electron chi connectivity index (χ2n) is 4.77. The standard InChI is InChI=1S/C17H16O2S/c1-12-5-4-6-13(9-18)17(12)19-10-14-11-20-16-8-3-2-7-15(14)16/h2-8,11,18H,9-10H2,1H3. The summed E-state index contributed by atoms with van der Waals surface area (Å²) in [5.41, 5.74) is 3.08. The molecule has 0 saturated heterocycles. The molecular formula is C17H16O2S. The van der Waals surface area contributed by atoms with Crippen LogP contribution in [0.2, 0.25) is 0 Å². The number of thiophene rings is 1. The van der Waals surface area contributed by atoms with Gasteiger partial charge in [-0.1, -0.05) is 36.4 Å². The van der Waals surface area contributed by atoms with Gasteiger partial charge < -0.3 is 9.84 Å². The molecule has 0 aliphatic carbocycles. The van der Waals surface area contributed by atoms with Gasteiger partial charge in [0.15, 0.2) is 0 Å². The normalized spacial score (nSPS) is 10.9. The smallest absolute Gasteiger partial charge is 0.128 e. The summed E-state index contributed by atoms with van der Waals surface area (Å²) in [6.07, 6.45) is 0. The molecule has 3 heteroatoms. The Hall–Kier alpha value is -1.84. The Bertz CT molecular complexity index is 731. The van der Waals surface area contributed by atoms with E-state index in [1.54, 1.807) is 11.3 Å². The Balaban J connectivity index is 1.87. The number of hydrogen-bond donors (Lipinski definition) is 1. The van der Waals surface area contributed by atoms with Gasteiger partial charge >= 0.3 is 0 Å². The third kappa shape index (κ3) is 2.42. The number of fused-ring (bicyclic) bond motifs is 1. The van der Waals surface area contributed by atoms with E-state index in [2.05, 4.69) is 23.6 Å². The summed E-state index contributed by atoms with van der Waals surface area (Å²) < 4.78 is 7.23. The van der Waals surface area contributed by atoms with Gasteiger partial charge in [-0.3, -0.25) is 0 Å². The van der Waals surface area contributed by atoms with Gasteiger partial charge in [-0.2, -0.15) is 0 Å². The van der Waals surface area contributed by atoms with E-state index in [0.717, 1.165) is 16.9 Å². The van der Waals surface area contributed by atoms with E-state index in [0.29, 0.717) is 6.61 Å². The summed E-state index contributed by atoms with van der Waals surface area (Å²) in [7, 11) is 0. The summed E-state index contributed by atoms with van der Waals surface area (Å²) in [6, 6.07) is 14.2. The van der Waals surface area contributed by atoms with Crippen LogP contribution in [0.1, 0.15) is 16.7 Å². The van der Waals surface area contributed by atoms with Crippen LogP contribution in [-0.2, 0) is 13.2 Å². The quantitative estimate of drug-likeness (QED) is 0.775. The Morgan fingerprint density at radius 1 is 1.05 bits per heavy atom. The van der Waals surface area contributed by atoms with Crippen molar-refractivity contribution < 1.29 is 9.84 Å². The van der Waals surface area contributed by atoms with Crippen molar-refractivity contribution in [1.82, 2.24) is 0 Å². The average molecular weight is 284 g/mol. The Morgan fingerprint density at radius 3 is 2.75 bits per heavy atom. The summed E-state index contributed by atoms with van der Waals surface area (Å²) in [5, 5.41) is 12.8. The fraction of sp³-hybridized carbons (Fsp3) is 0.176. The molecule has 0 aliphatic rings. The number of benzene rings is 2. The topological polar surface area (TPSA) is 29.5 Å². The first-order chi connectivity index (χ1) is 9.79. The zero-order chi connectivity index (χ0) is 13.9. The van der Waals surface area contributed by atoms with Crippen LogP contribution in [0.25, 0.3) is 10.1 Å². The van der Waals surface area contributed by atoms with Gasteiger partial charge in [0, 0.05) is 15.8 Å². The minimum atomic E-state index is 0.00139. The van der Waals surface area contributed by atoms with E-state index in [-0.39, 0.29) is 6.61 Å². The van der Waals surface area contributed by atoms with E-state index in [9.17, 15) is 5.11 Å². The lowest BCUT2D eigenvalue weighted by Crippen LogP contribution is -2.00. The molecule has 0 bridgehead atoms. The third-order valence-corrected chi connectivity index (χ3v) is 4.41. The molecule has 1 heterocycles. The molecule has 3 aromatic rings. The molecule has 20 heavy (non-hydrogen) atoms. The van der Waals surface area contributed by atoms with Gasteiger partial charge in [0.2, 0.25) is 0 Å². The molecule has 0 amide bonds. The van der Waals surface area contributed by atoms with Gasteiger partial charge in [0.1, 0.15) is 12.4 Å². The van der Waals surface area contributed by atoms with E-state index in [4.69, 9.17) is 4.74 Å². The SMILES string of the molecule is Cc1cccc(CO)c1OCc1csc2ccccc12. The maximum absolute atomic E-state index is 9.39. The number of aliphatic hydroxyl groups excluding tert-OH is 1. The maximum Gasteiger partial charge on any atom is 0.128 e. The van der Waals surface area contributed by atoms with Gasteiger partial charge in [-0.15, -0.1) is 11.3 Å². The lowest BCUT2D eigenvalue weighted by atomic mass is 10.1. The average Bonchev–Trinajstić information content (AvgIpc) is 2.89. The minimum absolute atomic E-state index is 0.00139. The van der Waals surface area contributed by atoms with Gasteiger partial charge in [0.05, 0.1) is 6.61 Å². The molecule has 102 valence electrons. The number of aryl methyl sites for hydroxylation is 1. The molecule has 2 nitrogen and oxygen atoms in total. The highest BCUT2D eigenvalue weighted by molar-refractivity contribution is 7.17. The molecule has 0 atom stereocenters. The minimum Gasteiger partial charge on any atom is -0.488 e. The largest absolute Gasteiger partial charge is 0.488 e. The fourth-order valence-electron chi connectivity index (χ4n) is 2.34. The van der Waals surface area contributed by atoms with Crippen LogP contribution in [-0.4, -0.2) is 5.11 Å². The molecule has 0 fully saturated rings. The predicted molar refractivity (Wildman–Crippen MR) is 83.3 cm³/mol. The zero-order valence-electron chi connectivity index (χ0n) is 11.3. The van der Waals surface area contributed by atoms with E-state index >= 15 is 0 Å². The fourth-order valence-corrected chi connectivity index (χ4v) is 3.29. The maximum atomic E-state index is 9.39. The van der Waals surface area contributed by atoms with Crippen molar-refractivity contribution >= 4 is 21.4 Å². The van der Waals surface area contributed by atoms with Crippen molar-refractivity contribution in [3.05, 3.63) is 64.5 Å². The van der Waals surface area contributed by atoms with Gasteiger partial charge in [-0.25, -0.2) is 0 Å². The molecule has 0 aliphatic heterocycles. The monoisotopic (exact) mass is 284 g/mol. The first kappa shape index (κ1) is 13.2. The molecule has 0 radical (unpaired) electrons. The molecule has 0 spiro atoms. The molecule has 0 saturated carbocycles. The Morgan fingerprint density at radius 2 is 1.90 bits per heavy atom. The first-order valence-electron chi connectivity index (χ1n) is 6.57. The van der Waals surface area contributed by atoms with Crippen LogP contribution in [0.4, 0.5) is 0 Å². The van der Waals surface area contributed by atoms with Crippen LogP contribution in [0, 0.1) is 6.92 Å². The number of rotatable bonds is 4. The van der Waals surface area contributed by atoms with Crippen molar-refractivity contribution in [2.75, 3.05) is 0 Å². The molecular weight excluding hydrogens is 268 g/mol. The van der Waals surface area contributed by atoms with E-state index < -0.39 is 0 Å². The van der Waals surface area contributed by atoms with Crippen LogP contribution in [0.3, 0.4) is 0 Å². The van der Waals surface area contributed by atoms with Crippen molar-refractivity contribution in [2.24, 2.45) is 0 Å². The molecule has 0 unspecified atom stereocenters. The Labute approximate surface area is 122 Å². The van der Waals surface area contributed by atoms with Crippen LogP contribution >= 0.6 is 11.3 Å². The van der Waals surface area contributed by atoms with Gasteiger partial charge in [-0.05, 0) is 29.3 Å². The molecule has 2 aromatic carbocycles. The lowest BCUT2D eigenvalue weighted by molar-refractivity contribution is 0.258. The lowest BCUT2D eigenvalue weighted by Gasteiger charge is -2.12. The number of hydrogen-bond acceptors (Lipinski definition) is 3. The highest BCUT2D eigenvalue weighted by Crippen LogP contribution is 2.29. The molecule has 1 aromatic heterocycles. The summed E-state index contributed by atoms with van der Waals surface area (Å²) in [6.45, 7) is 2.53. The summed E-state index contributed by atoms with van der Waals surface area (Å²) >= 11 is 1.73. The highest BCUT2D eigenvalue weighted by Gasteiger charge is 2.08. The second kappa shape index (κ2) is 5.65. The van der Waals surface area contributed by atoms with Crippen LogP contribution in [0.15, 0.2) is 47.8 Å². The number of para-hydroxylation sites is 1. The third-order valence-electron chi connectivity index (χ3n) is 3.40.